The highest BCUT2D eigenvalue weighted by atomic mass is 35.5. The zero-order valence-corrected chi connectivity index (χ0v) is 16.2. The second kappa shape index (κ2) is 7.95. The summed E-state index contributed by atoms with van der Waals surface area (Å²) in [6, 6.07) is 17.9. The number of para-hydroxylation sites is 1. The third kappa shape index (κ3) is 4.05. The Morgan fingerprint density at radius 1 is 0.963 bits per heavy atom. The van der Waals surface area contributed by atoms with Crippen molar-refractivity contribution >= 4 is 33.8 Å². The van der Waals surface area contributed by atoms with Gasteiger partial charge in [0.25, 0.3) is 0 Å². The highest BCUT2D eigenvalue weighted by molar-refractivity contribution is 7.15. The highest BCUT2D eigenvalue weighted by Gasteiger charge is 2.21. The van der Waals surface area contributed by atoms with Crippen LogP contribution >= 0.6 is 22.9 Å². The highest BCUT2D eigenvalue weighted by Crippen LogP contribution is 2.26. The first-order chi connectivity index (χ1) is 13.2. The monoisotopic (exact) mass is 395 g/mol. The third-order valence-corrected chi connectivity index (χ3v) is 5.88. The number of hydrogen-bond acceptors (Lipinski definition) is 6. The Labute approximate surface area is 167 Å². The van der Waals surface area contributed by atoms with Crippen molar-refractivity contribution in [3.63, 3.8) is 0 Å². The third-order valence-electron chi connectivity index (χ3n) is 4.64. The lowest BCUT2D eigenvalue weighted by atomic mass is 10.1. The van der Waals surface area contributed by atoms with Gasteiger partial charge in [-0.3, -0.25) is 0 Å². The number of halogens is 1. The van der Waals surface area contributed by atoms with Crippen molar-refractivity contribution in [1.82, 2.24) is 10.2 Å². The first-order valence-corrected chi connectivity index (χ1v) is 9.98. The van der Waals surface area contributed by atoms with E-state index < -0.39 is 0 Å². The molecule has 7 heteroatoms. The van der Waals surface area contributed by atoms with E-state index in [1.54, 1.807) is 11.3 Å². The van der Waals surface area contributed by atoms with Crippen molar-refractivity contribution in [3.05, 3.63) is 69.7 Å². The number of benzene rings is 2. The van der Waals surface area contributed by atoms with Gasteiger partial charge in [0.1, 0.15) is 11.1 Å². The van der Waals surface area contributed by atoms with E-state index in [1.807, 2.05) is 48.5 Å². The summed E-state index contributed by atoms with van der Waals surface area (Å²) in [6.45, 7) is 3.47. The number of nitriles is 1. The van der Waals surface area contributed by atoms with Crippen LogP contribution in [0.3, 0.4) is 0 Å². The van der Waals surface area contributed by atoms with E-state index in [0.29, 0.717) is 0 Å². The van der Waals surface area contributed by atoms with Gasteiger partial charge in [-0.1, -0.05) is 47.2 Å². The standard InChI is InChI=1S/C20H18ClN5S/c21-17-7-5-15(6-8-17)13-19-23-24-20(27-19)26-11-9-25(10-12-26)18-4-2-1-3-16(18)14-22/h1-8H,9-13H2. The van der Waals surface area contributed by atoms with E-state index >= 15 is 0 Å². The quantitative estimate of drug-likeness (QED) is 0.668. The fourth-order valence-electron chi connectivity index (χ4n) is 3.20. The summed E-state index contributed by atoms with van der Waals surface area (Å²) in [5, 5.41) is 20.8. The van der Waals surface area contributed by atoms with Crippen molar-refractivity contribution in [2.24, 2.45) is 0 Å². The van der Waals surface area contributed by atoms with Crippen LogP contribution in [0.15, 0.2) is 48.5 Å². The number of hydrogen-bond donors (Lipinski definition) is 0. The average molecular weight is 396 g/mol. The zero-order chi connectivity index (χ0) is 18.6. The Balaban J connectivity index is 1.39. The smallest absolute Gasteiger partial charge is 0.208 e. The summed E-state index contributed by atoms with van der Waals surface area (Å²) in [5.74, 6) is 0. The van der Waals surface area contributed by atoms with Crippen molar-refractivity contribution in [2.45, 2.75) is 6.42 Å². The Morgan fingerprint density at radius 3 is 2.41 bits per heavy atom. The molecule has 136 valence electrons. The molecule has 0 aliphatic carbocycles. The van der Waals surface area contributed by atoms with Crippen molar-refractivity contribution < 1.29 is 0 Å². The number of aromatic nitrogens is 2. The van der Waals surface area contributed by atoms with E-state index in [9.17, 15) is 5.26 Å². The number of anilines is 2. The van der Waals surface area contributed by atoms with Crippen LogP contribution in [0.25, 0.3) is 0 Å². The predicted octanol–water partition coefficient (Wildman–Crippen LogP) is 3.98. The van der Waals surface area contributed by atoms with Crippen LogP contribution in [0.4, 0.5) is 10.8 Å². The summed E-state index contributed by atoms with van der Waals surface area (Å²) >= 11 is 7.58. The maximum absolute atomic E-state index is 9.31. The zero-order valence-electron chi connectivity index (χ0n) is 14.7. The van der Waals surface area contributed by atoms with Gasteiger partial charge in [0.05, 0.1) is 11.3 Å². The minimum atomic E-state index is 0.729. The van der Waals surface area contributed by atoms with E-state index in [1.165, 1.54) is 5.56 Å². The molecule has 2 aromatic carbocycles. The minimum absolute atomic E-state index is 0.729. The Kier molecular flexibility index (Phi) is 5.23. The Bertz CT molecular complexity index is 955. The summed E-state index contributed by atoms with van der Waals surface area (Å²) < 4.78 is 0. The molecule has 0 saturated carbocycles. The van der Waals surface area contributed by atoms with Gasteiger partial charge in [0.2, 0.25) is 5.13 Å². The number of rotatable bonds is 4. The first kappa shape index (κ1) is 17.8. The average Bonchev–Trinajstić information content (AvgIpc) is 3.18. The molecule has 4 rings (SSSR count). The summed E-state index contributed by atoms with van der Waals surface area (Å²) in [4.78, 5) is 4.54. The molecule has 0 spiro atoms. The molecule has 5 nitrogen and oxygen atoms in total. The van der Waals surface area contributed by atoms with Gasteiger partial charge in [-0.15, -0.1) is 10.2 Å². The molecule has 1 aliphatic rings. The number of nitrogens with zero attached hydrogens (tertiary/aromatic N) is 5. The molecule has 1 aromatic heterocycles. The second-order valence-corrected chi connectivity index (χ2v) is 7.86. The largest absolute Gasteiger partial charge is 0.367 e. The van der Waals surface area contributed by atoms with E-state index in [2.05, 4.69) is 26.1 Å². The Morgan fingerprint density at radius 2 is 1.67 bits per heavy atom. The van der Waals surface area contributed by atoms with E-state index in [-0.39, 0.29) is 0 Å². The molecular weight excluding hydrogens is 378 g/mol. The van der Waals surface area contributed by atoms with Crippen LogP contribution in [0.1, 0.15) is 16.1 Å². The molecule has 3 aromatic rings. The Hall–Kier alpha value is -2.62. The van der Waals surface area contributed by atoms with Crippen LogP contribution in [0.2, 0.25) is 5.02 Å². The van der Waals surface area contributed by atoms with Crippen LogP contribution in [0.5, 0.6) is 0 Å². The van der Waals surface area contributed by atoms with Crippen LogP contribution in [-0.4, -0.2) is 36.4 Å². The van der Waals surface area contributed by atoms with Crippen LogP contribution in [-0.2, 0) is 6.42 Å². The van der Waals surface area contributed by atoms with Gasteiger partial charge < -0.3 is 9.80 Å². The molecule has 1 aliphatic heterocycles. The molecule has 0 unspecified atom stereocenters. The van der Waals surface area contributed by atoms with E-state index in [4.69, 9.17) is 11.6 Å². The summed E-state index contributed by atoms with van der Waals surface area (Å²) in [5.41, 5.74) is 2.92. The van der Waals surface area contributed by atoms with Gasteiger partial charge in [-0.05, 0) is 29.8 Å². The second-order valence-electron chi connectivity index (χ2n) is 6.38. The maximum Gasteiger partial charge on any atom is 0.208 e. The molecule has 27 heavy (non-hydrogen) atoms. The lowest BCUT2D eigenvalue weighted by Gasteiger charge is -2.36. The van der Waals surface area contributed by atoms with Crippen molar-refractivity contribution in [2.75, 3.05) is 36.0 Å². The lowest BCUT2D eigenvalue weighted by Crippen LogP contribution is -2.46. The van der Waals surface area contributed by atoms with E-state index in [0.717, 1.165) is 59.0 Å². The molecule has 1 saturated heterocycles. The summed E-state index contributed by atoms with van der Waals surface area (Å²) in [7, 11) is 0. The predicted molar refractivity (Wildman–Crippen MR) is 110 cm³/mol. The van der Waals surface area contributed by atoms with Crippen molar-refractivity contribution in [3.8, 4) is 6.07 Å². The molecule has 0 atom stereocenters. The van der Waals surface area contributed by atoms with Gasteiger partial charge >= 0.3 is 0 Å². The van der Waals surface area contributed by atoms with Crippen LogP contribution in [0, 0.1) is 11.3 Å². The molecule has 2 heterocycles. The van der Waals surface area contributed by atoms with Gasteiger partial charge in [-0.2, -0.15) is 5.26 Å². The van der Waals surface area contributed by atoms with Gasteiger partial charge in [-0.25, -0.2) is 0 Å². The summed E-state index contributed by atoms with van der Waals surface area (Å²) in [6.07, 6.45) is 0.768. The maximum atomic E-state index is 9.31. The van der Waals surface area contributed by atoms with Gasteiger partial charge in [0, 0.05) is 37.6 Å². The first-order valence-electron chi connectivity index (χ1n) is 8.79. The molecule has 1 fully saturated rings. The molecular formula is C20H18ClN5S. The SMILES string of the molecule is N#Cc1ccccc1N1CCN(c2nnc(Cc3ccc(Cl)cc3)s2)CC1. The normalized spacial score (nSPS) is 14.2. The van der Waals surface area contributed by atoms with Gasteiger partial charge in [0.15, 0.2) is 0 Å². The van der Waals surface area contributed by atoms with Crippen LogP contribution < -0.4 is 9.80 Å². The fourth-order valence-corrected chi connectivity index (χ4v) is 4.25. The molecule has 0 amide bonds. The van der Waals surface area contributed by atoms with Crippen molar-refractivity contribution in [1.29, 1.82) is 5.26 Å². The molecule has 0 bridgehead atoms. The molecule has 0 radical (unpaired) electrons. The molecule has 0 N–H and O–H groups in total. The minimum Gasteiger partial charge on any atom is -0.367 e. The lowest BCUT2D eigenvalue weighted by molar-refractivity contribution is 0.649. The number of piperazine rings is 1. The topological polar surface area (TPSA) is 56.1 Å². The fraction of sp³-hybridized carbons (Fsp3) is 0.250.